The third-order valence-electron chi connectivity index (χ3n) is 3.26. The molecule has 4 unspecified atom stereocenters. The molecular weight excluding hydrogens is 354 g/mol. The van der Waals surface area contributed by atoms with E-state index >= 15 is 0 Å². The third kappa shape index (κ3) is 8.76. The zero-order chi connectivity index (χ0) is 18.7. The number of nitrogens with one attached hydrogen (secondary N) is 2. The van der Waals surface area contributed by atoms with E-state index in [0.29, 0.717) is 18.6 Å². The Bertz CT molecular complexity index is 423. The van der Waals surface area contributed by atoms with Crippen molar-refractivity contribution < 1.29 is 24.6 Å². The molecule has 0 aromatic heterocycles. The second-order valence-electron chi connectivity index (χ2n) is 5.30. The Morgan fingerprint density at radius 2 is 1.58 bits per heavy atom. The Hall–Kier alpha value is -0.970. The van der Waals surface area contributed by atoms with E-state index in [9.17, 15) is 19.5 Å². The predicted octanol–water partition coefficient (Wildman–Crippen LogP) is -0.745. The number of carbonyl (C=O) groups excluding carboxylic acids is 2. The highest BCUT2D eigenvalue weighted by molar-refractivity contribution is 7.98. The smallest absolute Gasteiger partial charge is 0.328 e. The number of amides is 2. The van der Waals surface area contributed by atoms with Crippen LogP contribution in [0.5, 0.6) is 0 Å². The minimum atomic E-state index is -1.43. The van der Waals surface area contributed by atoms with Crippen LogP contribution in [-0.2, 0) is 14.4 Å². The minimum Gasteiger partial charge on any atom is -0.480 e. The fourth-order valence-corrected chi connectivity index (χ4v) is 2.76. The van der Waals surface area contributed by atoms with Gasteiger partial charge in [-0.3, -0.25) is 9.59 Å². The van der Waals surface area contributed by atoms with E-state index in [1.165, 1.54) is 18.7 Å². The fourth-order valence-electron chi connectivity index (χ4n) is 1.80. The largest absolute Gasteiger partial charge is 0.480 e. The van der Waals surface area contributed by atoms with E-state index in [-0.39, 0.29) is 0 Å². The van der Waals surface area contributed by atoms with Crippen molar-refractivity contribution >= 4 is 41.3 Å². The number of carboxylic acid groups (broad SMARTS) is 1. The maximum absolute atomic E-state index is 12.3. The standard InChI is InChI=1S/C14H27N3O5S2/c1-8(18)11(14(21)22)17-13(20)10(5-7-24-3)16-12(19)9(15)4-6-23-2/h8-11,18H,4-7,15H2,1-3H3,(H,16,19)(H,17,20)(H,21,22). The molecule has 8 nitrogen and oxygen atoms in total. The van der Waals surface area contributed by atoms with Gasteiger partial charge in [0.15, 0.2) is 6.04 Å². The first-order chi connectivity index (χ1) is 11.2. The summed E-state index contributed by atoms with van der Waals surface area (Å²) in [7, 11) is 0. The molecule has 6 N–H and O–H groups in total. The van der Waals surface area contributed by atoms with Crippen LogP contribution in [0.15, 0.2) is 0 Å². The summed E-state index contributed by atoms with van der Waals surface area (Å²) >= 11 is 3.06. The van der Waals surface area contributed by atoms with Gasteiger partial charge < -0.3 is 26.6 Å². The molecule has 0 heterocycles. The lowest BCUT2D eigenvalue weighted by molar-refractivity contribution is -0.145. The van der Waals surface area contributed by atoms with Gasteiger partial charge in [-0.2, -0.15) is 23.5 Å². The molecule has 0 saturated heterocycles. The van der Waals surface area contributed by atoms with Crippen molar-refractivity contribution in [3.63, 3.8) is 0 Å². The summed E-state index contributed by atoms with van der Waals surface area (Å²) in [5.41, 5.74) is 5.78. The van der Waals surface area contributed by atoms with Crippen molar-refractivity contribution in [2.75, 3.05) is 24.0 Å². The molecule has 0 aliphatic carbocycles. The van der Waals surface area contributed by atoms with Crippen LogP contribution in [0.3, 0.4) is 0 Å². The lowest BCUT2D eigenvalue weighted by Gasteiger charge is -2.23. The molecule has 24 heavy (non-hydrogen) atoms. The van der Waals surface area contributed by atoms with Crippen LogP contribution >= 0.6 is 23.5 Å². The summed E-state index contributed by atoms with van der Waals surface area (Å²) in [6.45, 7) is 1.27. The lowest BCUT2D eigenvalue weighted by atomic mass is 10.1. The van der Waals surface area contributed by atoms with E-state index in [2.05, 4.69) is 10.6 Å². The highest BCUT2D eigenvalue weighted by Gasteiger charge is 2.30. The SMILES string of the molecule is CSCCC(N)C(=O)NC(CCSC)C(=O)NC(C(=O)O)C(C)O. The Morgan fingerprint density at radius 3 is 2.04 bits per heavy atom. The Labute approximate surface area is 150 Å². The number of nitrogens with two attached hydrogens (primary N) is 1. The topological polar surface area (TPSA) is 142 Å². The molecule has 0 saturated carbocycles. The molecule has 0 aliphatic heterocycles. The average molecular weight is 382 g/mol. The molecule has 0 bridgehead atoms. The highest BCUT2D eigenvalue weighted by atomic mass is 32.2. The predicted molar refractivity (Wildman–Crippen MR) is 97.2 cm³/mol. The maximum atomic E-state index is 12.3. The average Bonchev–Trinajstić information content (AvgIpc) is 2.52. The Morgan fingerprint density at radius 1 is 1.04 bits per heavy atom. The molecule has 10 heteroatoms. The summed E-state index contributed by atoms with van der Waals surface area (Å²) in [5.74, 6) is -1.12. The molecule has 4 atom stereocenters. The van der Waals surface area contributed by atoms with Crippen molar-refractivity contribution in [3.05, 3.63) is 0 Å². The van der Waals surface area contributed by atoms with E-state index in [1.807, 2.05) is 12.5 Å². The number of aliphatic hydroxyl groups is 1. The quantitative estimate of drug-likeness (QED) is 0.297. The van der Waals surface area contributed by atoms with E-state index < -0.39 is 42.0 Å². The zero-order valence-electron chi connectivity index (χ0n) is 14.2. The Balaban J connectivity index is 4.87. The van der Waals surface area contributed by atoms with Gasteiger partial charge in [-0.25, -0.2) is 4.79 Å². The summed E-state index contributed by atoms with van der Waals surface area (Å²) in [6, 6.07) is -3.06. The Kier molecular flexibility index (Phi) is 11.9. The van der Waals surface area contributed by atoms with E-state index in [1.54, 1.807) is 11.8 Å². The first-order valence-electron chi connectivity index (χ1n) is 7.49. The van der Waals surface area contributed by atoms with Gasteiger partial charge in [-0.05, 0) is 43.8 Å². The van der Waals surface area contributed by atoms with Gasteiger partial charge in [0.25, 0.3) is 0 Å². The molecule has 0 aromatic rings. The van der Waals surface area contributed by atoms with E-state index in [0.717, 1.165) is 5.75 Å². The molecule has 0 aromatic carbocycles. The number of carboxylic acids is 1. The first kappa shape index (κ1) is 23.0. The summed E-state index contributed by atoms with van der Waals surface area (Å²) in [5, 5.41) is 23.3. The van der Waals surface area contributed by atoms with Crippen LogP contribution in [0.2, 0.25) is 0 Å². The maximum Gasteiger partial charge on any atom is 0.328 e. The van der Waals surface area contributed by atoms with Gasteiger partial charge in [0.1, 0.15) is 6.04 Å². The number of thioether (sulfide) groups is 2. The van der Waals surface area contributed by atoms with Crippen LogP contribution in [0, 0.1) is 0 Å². The van der Waals surface area contributed by atoms with Gasteiger partial charge in [0.05, 0.1) is 12.1 Å². The summed E-state index contributed by atoms with van der Waals surface area (Å²) in [4.78, 5) is 35.4. The molecule has 0 rings (SSSR count). The molecule has 0 spiro atoms. The number of rotatable bonds is 12. The number of aliphatic carboxylic acids is 1. The van der Waals surface area contributed by atoms with Crippen LogP contribution < -0.4 is 16.4 Å². The summed E-state index contributed by atoms with van der Waals surface area (Å²) < 4.78 is 0. The van der Waals surface area contributed by atoms with Crippen molar-refractivity contribution in [2.24, 2.45) is 5.73 Å². The van der Waals surface area contributed by atoms with Crippen molar-refractivity contribution in [2.45, 2.75) is 44.0 Å². The van der Waals surface area contributed by atoms with Crippen molar-refractivity contribution in [1.29, 1.82) is 0 Å². The molecule has 2 amide bonds. The monoisotopic (exact) mass is 381 g/mol. The number of carbonyl (C=O) groups is 3. The molecule has 140 valence electrons. The second-order valence-corrected chi connectivity index (χ2v) is 7.27. The third-order valence-corrected chi connectivity index (χ3v) is 4.55. The van der Waals surface area contributed by atoms with Crippen LogP contribution in [0.1, 0.15) is 19.8 Å². The van der Waals surface area contributed by atoms with Crippen LogP contribution in [0.25, 0.3) is 0 Å². The van der Waals surface area contributed by atoms with Gasteiger partial charge >= 0.3 is 5.97 Å². The molecular formula is C14H27N3O5S2. The van der Waals surface area contributed by atoms with Crippen LogP contribution in [-0.4, -0.2) is 76.2 Å². The number of hydrogen-bond acceptors (Lipinski definition) is 7. The zero-order valence-corrected chi connectivity index (χ0v) is 15.8. The van der Waals surface area contributed by atoms with Crippen LogP contribution in [0.4, 0.5) is 0 Å². The van der Waals surface area contributed by atoms with Gasteiger partial charge in [0.2, 0.25) is 11.8 Å². The lowest BCUT2D eigenvalue weighted by Crippen LogP contribution is -2.56. The van der Waals surface area contributed by atoms with Crippen molar-refractivity contribution in [3.8, 4) is 0 Å². The molecule has 0 fully saturated rings. The number of hydrogen-bond donors (Lipinski definition) is 5. The van der Waals surface area contributed by atoms with Gasteiger partial charge in [-0.1, -0.05) is 0 Å². The van der Waals surface area contributed by atoms with Gasteiger partial charge in [-0.15, -0.1) is 0 Å². The van der Waals surface area contributed by atoms with Crippen molar-refractivity contribution in [1.82, 2.24) is 10.6 Å². The minimum absolute atomic E-state index is 0.333. The second kappa shape index (κ2) is 12.4. The first-order valence-corrected chi connectivity index (χ1v) is 10.3. The number of aliphatic hydroxyl groups excluding tert-OH is 1. The van der Waals surface area contributed by atoms with Gasteiger partial charge in [0, 0.05) is 0 Å². The normalized spacial score (nSPS) is 15.9. The van der Waals surface area contributed by atoms with E-state index in [4.69, 9.17) is 10.8 Å². The molecule has 0 radical (unpaired) electrons. The highest BCUT2D eigenvalue weighted by Crippen LogP contribution is 2.05. The fraction of sp³-hybridized carbons (Fsp3) is 0.786. The molecule has 0 aliphatic rings. The summed E-state index contributed by atoms with van der Waals surface area (Å²) in [6.07, 6.45) is 3.32.